The quantitative estimate of drug-likeness (QED) is 0.629. The van der Waals surface area contributed by atoms with Crippen LogP contribution in [0.4, 0.5) is 0 Å². The number of unbranched alkanes of at least 4 members (excludes halogenated alkanes) is 1. The number of methoxy groups -OCH3 is 1. The van der Waals surface area contributed by atoms with Crippen molar-refractivity contribution in [2.24, 2.45) is 0 Å². The molecular weight excluding hydrogens is 176 g/mol. The Balaban J connectivity index is 2.17. The number of hydrogen-bond donors (Lipinski definition) is 0. The second-order valence-electron chi connectivity index (χ2n) is 3.88. The van der Waals surface area contributed by atoms with Gasteiger partial charge in [-0.3, -0.25) is 4.90 Å². The summed E-state index contributed by atoms with van der Waals surface area (Å²) in [7, 11) is 1.74. The summed E-state index contributed by atoms with van der Waals surface area (Å²) >= 11 is 0. The van der Waals surface area contributed by atoms with Gasteiger partial charge in [0.25, 0.3) is 0 Å². The Morgan fingerprint density at radius 1 is 1.43 bits per heavy atom. The summed E-state index contributed by atoms with van der Waals surface area (Å²) in [5, 5.41) is 8.95. The van der Waals surface area contributed by atoms with Crippen LogP contribution < -0.4 is 0 Å². The number of nitriles is 1. The summed E-state index contributed by atoms with van der Waals surface area (Å²) in [5.74, 6) is 0. The molecule has 0 saturated carbocycles. The van der Waals surface area contributed by atoms with Gasteiger partial charge in [-0.25, -0.2) is 0 Å². The summed E-state index contributed by atoms with van der Waals surface area (Å²) in [6, 6.07) is 2.56. The fraction of sp³-hybridized carbons (Fsp3) is 0.909. The highest BCUT2D eigenvalue weighted by Gasteiger charge is 2.20. The molecule has 0 aromatic rings. The fourth-order valence-corrected chi connectivity index (χ4v) is 1.97. The van der Waals surface area contributed by atoms with E-state index in [1.54, 1.807) is 7.11 Å². The van der Waals surface area contributed by atoms with E-state index in [1.807, 2.05) is 0 Å². The molecule has 0 N–H and O–H groups in total. The lowest BCUT2D eigenvalue weighted by molar-refractivity contribution is 0.160. The molecule has 0 radical (unpaired) electrons. The highest BCUT2D eigenvalue weighted by atomic mass is 16.5. The standard InChI is InChI=1S/C11H20N2O/c1-14-9-5-4-8-13-7-3-2-6-11(13)10-12/h11H,2-9H2,1H3. The smallest absolute Gasteiger partial charge is 0.0977 e. The second-order valence-corrected chi connectivity index (χ2v) is 3.88. The summed E-state index contributed by atoms with van der Waals surface area (Å²) in [4.78, 5) is 2.32. The lowest BCUT2D eigenvalue weighted by atomic mass is 10.0. The van der Waals surface area contributed by atoms with Gasteiger partial charge in [-0.15, -0.1) is 0 Å². The van der Waals surface area contributed by atoms with Crippen molar-refractivity contribution in [2.45, 2.75) is 38.1 Å². The normalized spacial score (nSPS) is 23.3. The molecule has 14 heavy (non-hydrogen) atoms. The molecule has 0 aromatic carbocycles. The number of rotatable bonds is 5. The highest BCUT2D eigenvalue weighted by Crippen LogP contribution is 2.16. The molecule has 1 rings (SSSR count). The molecule has 80 valence electrons. The number of piperidine rings is 1. The summed E-state index contributed by atoms with van der Waals surface area (Å²) in [6.45, 7) is 3.00. The first-order valence-electron chi connectivity index (χ1n) is 5.51. The first-order valence-corrected chi connectivity index (χ1v) is 5.51. The van der Waals surface area contributed by atoms with E-state index in [0.29, 0.717) is 0 Å². The minimum absolute atomic E-state index is 0.172. The third-order valence-electron chi connectivity index (χ3n) is 2.81. The first-order chi connectivity index (χ1) is 6.88. The van der Waals surface area contributed by atoms with Crippen LogP contribution in [-0.4, -0.2) is 37.7 Å². The van der Waals surface area contributed by atoms with Crippen LogP contribution in [0.3, 0.4) is 0 Å². The maximum absolute atomic E-state index is 8.95. The van der Waals surface area contributed by atoms with Gasteiger partial charge in [0.05, 0.1) is 12.1 Å². The minimum Gasteiger partial charge on any atom is -0.385 e. The van der Waals surface area contributed by atoms with Crippen molar-refractivity contribution >= 4 is 0 Å². The Morgan fingerprint density at radius 3 is 3.00 bits per heavy atom. The largest absolute Gasteiger partial charge is 0.385 e. The zero-order chi connectivity index (χ0) is 10.2. The van der Waals surface area contributed by atoms with Gasteiger partial charge in [0.1, 0.15) is 0 Å². The predicted molar refractivity (Wildman–Crippen MR) is 55.9 cm³/mol. The monoisotopic (exact) mass is 196 g/mol. The predicted octanol–water partition coefficient (Wildman–Crippen LogP) is 1.79. The van der Waals surface area contributed by atoms with E-state index in [0.717, 1.165) is 39.0 Å². The van der Waals surface area contributed by atoms with E-state index in [2.05, 4.69) is 11.0 Å². The molecule has 0 amide bonds. The van der Waals surface area contributed by atoms with Crippen LogP contribution in [0.1, 0.15) is 32.1 Å². The van der Waals surface area contributed by atoms with Gasteiger partial charge in [-0.2, -0.15) is 5.26 Å². The van der Waals surface area contributed by atoms with Gasteiger partial charge in [-0.1, -0.05) is 0 Å². The van der Waals surface area contributed by atoms with E-state index < -0.39 is 0 Å². The molecule has 1 aliphatic rings. The van der Waals surface area contributed by atoms with Gasteiger partial charge < -0.3 is 4.74 Å². The van der Waals surface area contributed by atoms with Gasteiger partial charge in [0.15, 0.2) is 0 Å². The van der Waals surface area contributed by atoms with Gasteiger partial charge in [0, 0.05) is 13.7 Å². The van der Waals surface area contributed by atoms with Crippen molar-refractivity contribution in [3.8, 4) is 6.07 Å². The highest BCUT2D eigenvalue weighted by molar-refractivity contribution is 4.93. The summed E-state index contributed by atoms with van der Waals surface area (Å²) < 4.78 is 5.00. The molecule has 0 aromatic heterocycles. The van der Waals surface area contributed by atoms with Gasteiger partial charge >= 0.3 is 0 Å². The lowest BCUT2D eigenvalue weighted by Crippen LogP contribution is -2.39. The zero-order valence-corrected chi connectivity index (χ0v) is 9.04. The Bertz CT molecular complexity index is 188. The van der Waals surface area contributed by atoms with Crippen LogP contribution >= 0.6 is 0 Å². The fourth-order valence-electron chi connectivity index (χ4n) is 1.97. The molecule has 1 saturated heterocycles. The molecule has 1 fully saturated rings. The van der Waals surface area contributed by atoms with Crippen molar-refractivity contribution in [1.82, 2.24) is 4.90 Å². The van der Waals surface area contributed by atoms with Crippen LogP contribution in [0.15, 0.2) is 0 Å². The van der Waals surface area contributed by atoms with Crippen molar-refractivity contribution in [1.29, 1.82) is 5.26 Å². The summed E-state index contributed by atoms with van der Waals surface area (Å²) in [5.41, 5.74) is 0. The SMILES string of the molecule is COCCCCN1CCCCC1C#N. The van der Waals surface area contributed by atoms with Gasteiger partial charge in [0.2, 0.25) is 0 Å². The summed E-state index contributed by atoms with van der Waals surface area (Å²) in [6.07, 6.45) is 5.77. The zero-order valence-electron chi connectivity index (χ0n) is 9.04. The minimum atomic E-state index is 0.172. The Hall–Kier alpha value is -0.590. The molecule has 0 bridgehead atoms. The Labute approximate surface area is 86.6 Å². The molecule has 0 spiro atoms. The maximum Gasteiger partial charge on any atom is 0.0977 e. The van der Waals surface area contributed by atoms with E-state index in [4.69, 9.17) is 10.00 Å². The average molecular weight is 196 g/mol. The van der Waals surface area contributed by atoms with Crippen LogP contribution in [-0.2, 0) is 4.74 Å². The molecule has 0 aliphatic carbocycles. The van der Waals surface area contributed by atoms with Crippen LogP contribution in [0.5, 0.6) is 0 Å². The van der Waals surface area contributed by atoms with Gasteiger partial charge in [-0.05, 0) is 45.2 Å². The first kappa shape index (κ1) is 11.5. The number of hydrogen-bond acceptors (Lipinski definition) is 3. The van der Waals surface area contributed by atoms with Crippen LogP contribution in [0.25, 0.3) is 0 Å². The number of ether oxygens (including phenoxy) is 1. The van der Waals surface area contributed by atoms with E-state index in [1.165, 1.54) is 12.8 Å². The Morgan fingerprint density at radius 2 is 2.29 bits per heavy atom. The molecule has 1 heterocycles. The van der Waals surface area contributed by atoms with Crippen molar-refractivity contribution in [3.63, 3.8) is 0 Å². The van der Waals surface area contributed by atoms with E-state index >= 15 is 0 Å². The Kier molecular flexibility index (Phi) is 5.58. The number of nitrogens with zero attached hydrogens (tertiary/aromatic N) is 2. The third kappa shape index (κ3) is 3.65. The van der Waals surface area contributed by atoms with Crippen LogP contribution in [0, 0.1) is 11.3 Å². The van der Waals surface area contributed by atoms with Crippen LogP contribution in [0.2, 0.25) is 0 Å². The topological polar surface area (TPSA) is 36.3 Å². The average Bonchev–Trinajstić information content (AvgIpc) is 2.25. The number of likely N-dealkylation sites (tertiary alicyclic amines) is 1. The lowest BCUT2D eigenvalue weighted by Gasteiger charge is -2.31. The van der Waals surface area contributed by atoms with E-state index in [-0.39, 0.29) is 6.04 Å². The van der Waals surface area contributed by atoms with Crippen molar-refractivity contribution in [3.05, 3.63) is 0 Å². The van der Waals surface area contributed by atoms with E-state index in [9.17, 15) is 0 Å². The molecule has 1 aliphatic heterocycles. The maximum atomic E-state index is 8.95. The molecule has 1 atom stereocenters. The molecule has 3 heteroatoms. The molecular formula is C11H20N2O. The van der Waals surface area contributed by atoms with Crippen molar-refractivity contribution in [2.75, 3.05) is 26.8 Å². The molecule has 3 nitrogen and oxygen atoms in total. The van der Waals surface area contributed by atoms with Crippen molar-refractivity contribution < 1.29 is 4.74 Å². The molecule has 1 unspecified atom stereocenters. The second kappa shape index (κ2) is 6.80. The third-order valence-corrected chi connectivity index (χ3v) is 2.81.